The molecule has 6 heteroatoms. The fraction of sp³-hybridized carbons (Fsp3) is 0.917. The van der Waals surface area contributed by atoms with Crippen molar-refractivity contribution in [3.63, 3.8) is 0 Å². The molecule has 0 aromatic rings. The quantitative estimate of drug-likeness (QED) is 0.811. The second-order valence-corrected chi connectivity index (χ2v) is 8.01. The van der Waals surface area contributed by atoms with Gasteiger partial charge in [0.2, 0.25) is 10.0 Å². The number of Topliss-reactive ketones (excluding diaryl/α,β-unsaturated/α-hetero) is 1. The van der Waals surface area contributed by atoms with Crippen LogP contribution in [0, 0.1) is 0 Å². The Morgan fingerprint density at radius 2 is 1.78 bits per heavy atom. The number of nitrogens with zero attached hydrogens (tertiary/aromatic N) is 1. The largest absolute Gasteiger partial charge is 0.300 e. The number of sulfonamides is 1. The van der Waals surface area contributed by atoms with Crippen LogP contribution < -0.4 is 4.72 Å². The first-order valence-electron chi connectivity index (χ1n) is 6.43. The second kappa shape index (κ2) is 4.58. The Labute approximate surface area is 109 Å². The average molecular weight is 274 g/mol. The molecular weight excluding hydrogens is 252 g/mol. The third kappa shape index (κ3) is 3.30. The van der Waals surface area contributed by atoms with Gasteiger partial charge < -0.3 is 0 Å². The van der Waals surface area contributed by atoms with Crippen molar-refractivity contribution in [1.29, 1.82) is 0 Å². The molecule has 2 saturated heterocycles. The molecule has 0 aliphatic carbocycles. The highest BCUT2D eigenvalue weighted by Gasteiger charge is 2.42. The third-order valence-corrected chi connectivity index (χ3v) is 4.66. The van der Waals surface area contributed by atoms with Gasteiger partial charge in [0, 0.05) is 37.0 Å². The summed E-state index contributed by atoms with van der Waals surface area (Å²) < 4.78 is 25.3. The Bertz CT molecular complexity index is 428. The number of hydrogen-bond acceptors (Lipinski definition) is 4. The molecule has 5 nitrogen and oxygen atoms in total. The smallest absolute Gasteiger partial charge is 0.209 e. The van der Waals surface area contributed by atoms with Crippen molar-refractivity contribution in [3.05, 3.63) is 0 Å². The predicted octanol–water partition coefficient (Wildman–Crippen LogP) is 0.510. The zero-order valence-electron chi connectivity index (χ0n) is 11.3. The van der Waals surface area contributed by atoms with Gasteiger partial charge in [0.25, 0.3) is 0 Å². The molecule has 1 N–H and O–H groups in total. The van der Waals surface area contributed by atoms with Gasteiger partial charge in [-0.05, 0) is 26.7 Å². The lowest BCUT2D eigenvalue weighted by molar-refractivity contribution is -0.123. The first kappa shape index (κ1) is 14.0. The van der Waals surface area contributed by atoms with E-state index in [0.29, 0.717) is 37.3 Å². The maximum absolute atomic E-state index is 11.5. The van der Waals surface area contributed by atoms with Gasteiger partial charge in [0.1, 0.15) is 5.78 Å². The number of nitrogens with one attached hydrogen (secondary N) is 1. The normalized spacial score (nSPS) is 29.8. The molecule has 2 rings (SSSR count). The molecule has 18 heavy (non-hydrogen) atoms. The Balaban J connectivity index is 2.04. The summed E-state index contributed by atoms with van der Waals surface area (Å²) in [6, 6.07) is 0.633. The van der Waals surface area contributed by atoms with E-state index >= 15 is 0 Å². The molecule has 2 aliphatic heterocycles. The van der Waals surface area contributed by atoms with Crippen molar-refractivity contribution >= 4 is 15.8 Å². The highest BCUT2D eigenvalue weighted by molar-refractivity contribution is 7.88. The summed E-state index contributed by atoms with van der Waals surface area (Å²) in [7, 11) is -3.20. The number of carbonyl (C=O) groups is 1. The monoisotopic (exact) mass is 274 g/mol. The van der Waals surface area contributed by atoms with Crippen LogP contribution >= 0.6 is 0 Å². The van der Waals surface area contributed by atoms with Crippen LogP contribution in [0.1, 0.15) is 39.5 Å². The number of fused-ring (bicyclic) bond motifs is 2. The SMILES string of the molecule is CC(C)(CN1C2CCC1CC(=O)C2)NS(C)(=O)=O. The van der Waals surface area contributed by atoms with E-state index < -0.39 is 15.6 Å². The first-order chi connectivity index (χ1) is 8.16. The van der Waals surface area contributed by atoms with Crippen LogP contribution in [-0.4, -0.2) is 49.5 Å². The molecule has 0 aromatic heterocycles. The minimum atomic E-state index is -3.20. The minimum Gasteiger partial charge on any atom is -0.300 e. The molecule has 0 spiro atoms. The molecule has 0 aromatic carbocycles. The standard InChI is InChI=1S/C12H22N2O3S/c1-12(2,13-18(3,16)17)8-14-9-4-5-10(14)7-11(15)6-9/h9-10,13H,4-8H2,1-3H3. The van der Waals surface area contributed by atoms with Crippen LogP contribution in [0.5, 0.6) is 0 Å². The van der Waals surface area contributed by atoms with Gasteiger partial charge in [-0.15, -0.1) is 0 Å². The Kier molecular flexibility index (Phi) is 3.55. The van der Waals surface area contributed by atoms with E-state index in [0.717, 1.165) is 12.8 Å². The third-order valence-electron chi connectivity index (χ3n) is 3.74. The number of piperidine rings is 1. The summed E-state index contributed by atoms with van der Waals surface area (Å²) in [6.45, 7) is 4.45. The van der Waals surface area contributed by atoms with Crippen molar-refractivity contribution in [1.82, 2.24) is 9.62 Å². The van der Waals surface area contributed by atoms with Gasteiger partial charge in [-0.3, -0.25) is 9.69 Å². The van der Waals surface area contributed by atoms with E-state index in [1.807, 2.05) is 13.8 Å². The summed E-state index contributed by atoms with van der Waals surface area (Å²) in [5.41, 5.74) is -0.491. The molecular formula is C12H22N2O3S. The highest BCUT2D eigenvalue weighted by Crippen LogP contribution is 2.34. The zero-order chi connectivity index (χ0) is 13.6. The van der Waals surface area contributed by atoms with Crippen molar-refractivity contribution in [2.24, 2.45) is 0 Å². The van der Waals surface area contributed by atoms with Crippen LogP contribution in [0.25, 0.3) is 0 Å². The summed E-state index contributed by atoms with van der Waals surface area (Å²) in [4.78, 5) is 13.8. The Hall–Kier alpha value is -0.460. The van der Waals surface area contributed by atoms with E-state index in [1.54, 1.807) is 0 Å². The first-order valence-corrected chi connectivity index (χ1v) is 8.32. The van der Waals surface area contributed by atoms with Gasteiger partial charge in [-0.2, -0.15) is 0 Å². The zero-order valence-corrected chi connectivity index (χ0v) is 12.1. The van der Waals surface area contributed by atoms with Crippen molar-refractivity contribution in [2.75, 3.05) is 12.8 Å². The second-order valence-electron chi connectivity index (χ2n) is 6.26. The van der Waals surface area contributed by atoms with E-state index in [4.69, 9.17) is 0 Å². The predicted molar refractivity (Wildman–Crippen MR) is 69.8 cm³/mol. The van der Waals surface area contributed by atoms with Crippen LogP contribution in [0.15, 0.2) is 0 Å². The van der Waals surface area contributed by atoms with Crippen molar-refractivity contribution in [2.45, 2.75) is 57.2 Å². The lowest BCUT2D eigenvalue weighted by Gasteiger charge is -2.39. The minimum absolute atomic E-state index is 0.317. The molecule has 2 aliphatic rings. The summed E-state index contributed by atoms with van der Waals surface area (Å²) in [5, 5.41) is 0. The van der Waals surface area contributed by atoms with Gasteiger partial charge in [0.05, 0.1) is 6.26 Å². The van der Waals surface area contributed by atoms with Gasteiger partial charge in [-0.25, -0.2) is 13.1 Å². The van der Waals surface area contributed by atoms with Gasteiger partial charge in [0.15, 0.2) is 0 Å². The molecule has 2 fully saturated rings. The summed E-state index contributed by atoms with van der Waals surface area (Å²) in [6.07, 6.45) is 4.57. The Morgan fingerprint density at radius 1 is 1.28 bits per heavy atom. The maximum atomic E-state index is 11.5. The van der Waals surface area contributed by atoms with E-state index in [1.165, 1.54) is 6.26 Å². The van der Waals surface area contributed by atoms with Crippen LogP contribution in [-0.2, 0) is 14.8 Å². The fourth-order valence-electron chi connectivity index (χ4n) is 3.31. The molecule has 2 bridgehead atoms. The molecule has 0 radical (unpaired) electrons. The Morgan fingerprint density at radius 3 is 2.22 bits per heavy atom. The summed E-state index contributed by atoms with van der Waals surface area (Å²) >= 11 is 0. The van der Waals surface area contributed by atoms with Gasteiger partial charge >= 0.3 is 0 Å². The topological polar surface area (TPSA) is 66.5 Å². The van der Waals surface area contributed by atoms with E-state index in [2.05, 4.69) is 9.62 Å². The molecule has 0 saturated carbocycles. The molecule has 2 unspecified atom stereocenters. The van der Waals surface area contributed by atoms with Crippen LogP contribution in [0.2, 0.25) is 0 Å². The van der Waals surface area contributed by atoms with Crippen molar-refractivity contribution in [3.8, 4) is 0 Å². The molecule has 2 atom stereocenters. The maximum Gasteiger partial charge on any atom is 0.209 e. The highest BCUT2D eigenvalue weighted by atomic mass is 32.2. The number of carbonyl (C=O) groups excluding carboxylic acids is 1. The average Bonchev–Trinajstić information content (AvgIpc) is 2.41. The number of ketones is 1. The lowest BCUT2D eigenvalue weighted by atomic mass is 9.98. The van der Waals surface area contributed by atoms with Crippen molar-refractivity contribution < 1.29 is 13.2 Å². The number of hydrogen-bond donors (Lipinski definition) is 1. The van der Waals surface area contributed by atoms with Crippen LogP contribution in [0.3, 0.4) is 0 Å². The lowest BCUT2D eigenvalue weighted by Crippen LogP contribution is -2.55. The number of rotatable bonds is 4. The fourth-order valence-corrected chi connectivity index (χ4v) is 4.38. The van der Waals surface area contributed by atoms with E-state index in [9.17, 15) is 13.2 Å². The van der Waals surface area contributed by atoms with Crippen LogP contribution in [0.4, 0.5) is 0 Å². The summed E-state index contributed by atoms with van der Waals surface area (Å²) in [5.74, 6) is 0.354. The van der Waals surface area contributed by atoms with Gasteiger partial charge in [-0.1, -0.05) is 0 Å². The molecule has 0 amide bonds. The molecule has 104 valence electrons. The van der Waals surface area contributed by atoms with E-state index in [-0.39, 0.29) is 0 Å². The molecule has 2 heterocycles.